The number of para-hydroxylation sites is 1. The average Bonchev–Trinajstić information content (AvgIpc) is 3.37. The first-order valence-electron chi connectivity index (χ1n) is 14.1. The molecule has 41 heavy (non-hydrogen) atoms. The summed E-state index contributed by atoms with van der Waals surface area (Å²) in [6, 6.07) is 13.6. The molecule has 0 bridgehead atoms. The molecule has 3 aromatic rings. The Balaban J connectivity index is 1.25. The third-order valence-electron chi connectivity index (χ3n) is 8.09. The van der Waals surface area contributed by atoms with Gasteiger partial charge >= 0.3 is 0 Å². The number of carbonyl (C=O) groups excluding carboxylic acids is 2. The molecule has 3 aliphatic rings. The number of morpholine rings is 1. The van der Waals surface area contributed by atoms with E-state index in [0.717, 1.165) is 54.9 Å². The maximum atomic E-state index is 13.7. The second-order valence-electron chi connectivity index (χ2n) is 10.5. The molecule has 9 nitrogen and oxygen atoms in total. The van der Waals surface area contributed by atoms with Gasteiger partial charge < -0.3 is 15.0 Å². The van der Waals surface area contributed by atoms with Crippen molar-refractivity contribution in [2.45, 2.75) is 37.6 Å². The summed E-state index contributed by atoms with van der Waals surface area (Å²) in [7, 11) is -3.78. The predicted molar refractivity (Wildman–Crippen MR) is 159 cm³/mol. The normalized spacial score (nSPS) is 17.6. The van der Waals surface area contributed by atoms with Crippen LogP contribution in [0.4, 0.5) is 10.7 Å². The Labute approximate surface area is 244 Å². The molecule has 0 radical (unpaired) electrons. The number of likely N-dealkylation sites (N-methyl/N-ethyl adjacent to an activating group) is 1. The Kier molecular flexibility index (Phi) is 7.86. The molecule has 0 aliphatic carbocycles. The van der Waals surface area contributed by atoms with Gasteiger partial charge in [-0.2, -0.15) is 0 Å². The lowest BCUT2D eigenvalue weighted by atomic mass is 10.0. The van der Waals surface area contributed by atoms with Crippen LogP contribution in [0.3, 0.4) is 0 Å². The van der Waals surface area contributed by atoms with E-state index in [1.54, 1.807) is 4.90 Å². The van der Waals surface area contributed by atoms with Gasteiger partial charge in [0.1, 0.15) is 5.00 Å². The number of hydrogen-bond donors (Lipinski definition) is 1. The van der Waals surface area contributed by atoms with E-state index in [1.165, 1.54) is 39.9 Å². The van der Waals surface area contributed by atoms with Gasteiger partial charge in [0.15, 0.2) is 0 Å². The van der Waals surface area contributed by atoms with E-state index in [1.807, 2.05) is 24.3 Å². The summed E-state index contributed by atoms with van der Waals surface area (Å²) in [5.41, 5.74) is 3.66. The first kappa shape index (κ1) is 27.9. The summed E-state index contributed by atoms with van der Waals surface area (Å²) in [6.07, 6.45) is 2.36. The number of fused-ring (bicyclic) bond motifs is 2. The number of sulfonamides is 1. The van der Waals surface area contributed by atoms with E-state index in [0.29, 0.717) is 54.7 Å². The Hall–Kier alpha value is -3.25. The second kappa shape index (κ2) is 11.6. The summed E-state index contributed by atoms with van der Waals surface area (Å²) in [6.45, 7) is 7.13. The number of hydrogen-bond acceptors (Lipinski definition) is 7. The smallest absolute Gasteiger partial charge is 0.264 e. The first-order valence-corrected chi connectivity index (χ1v) is 16.4. The van der Waals surface area contributed by atoms with E-state index in [2.05, 4.69) is 17.1 Å². The van der Waals surface area contributed by atoms with Crippen LogP contribution in [-0.4, -0.2) is 76.0 Å². The third-order valence-corrected chi connectivity index (χ3v) is 11.1. The van der Waals surface area contributed by atoms with Crippen LogP contribution in [0.1, 0.15) is 50.1 Å². The molecule has 1 aromatic heterocycles. The SMILES string of the molecule is CCN1CCc2c(sc(NC(=O)c3ccc(S(=O)(=O)N4CCCc5ccccc54)cc3)c2C(=O)N2CCOCC2)C1. The molecule has 3 aliphatic heterocycles. The minimum atomic E-state index is -3.78. The van der Waals surface area contributed by atoms with Crippen LogP contribution in [0.5, 0.6) is 0 Å². The van der Waals surface area contributed by atoms with Crippen molar-refractivity contribution < 1.29 is 22.7 Å². The van der Waals surface area contributed by atoms with E-state index >= 15 is 0 Å². The highest BCUT2D eigenvalue weighted by molar-refractivity contribution is 7.92. The highest BCUT2D eigenvalue weighted by Gasteiger charge is 2.32. The van der Waals surface area contributed by atoms with Crippen molar-refractivity contribution in [2.75, 3.05) is 55.6 Å². The monoisotopic (exact) mass is 594 g/mol. The maximum absolute atomic E-state index is 13.7. The molecule has 4 heterocycles. The van der Waals surface area contributed by atoms with Gasteiger partial charge in [-0.1, -0.05) is 25.1 Å². The van der Waals surface area contributed by atoms with Crippen molar-refractivity contribution in [3.8, 4) is 0 Å². The first-order chi connectivity index (χ1) is 19.9. The van der Waals surface area contributed by atoms with Crippen LogP contribution in [0.25, 0.3) is 0 Å². The molecule has 0 atom stereocenters. The van der Waals surface area contributed by atoms with Gasteiger partial charge in [0, 0.05) is 43.2 Å². The van der Waals surface area contributed by atoms with E-state index in [-0.39, 0.29) is 16.7 Å². The second-order valence-corrected chi connectivity index (χ2v) is 13.5. The fourth-order valence-corrected chi connectivity index (χ4v) is 8.61. The van der Waals surface area contributed by atoms with Gasteiger partial charge in [-0.3, -0.25) is 18.8 Å². The van der Waals surface area contributed by atoms with Crippen LogP contribution < -0.4 is 9.62 Å². The Morgan fingerprint density at radius 1 is 0.976 bits per heavy atom. The number of ether oxygens (including phenoxy) is 1. The Bertz CT molecular complexity index is 1560. The Morgan fingerprint density at radius 3 is 2.49 bits per heavy atom. The fraction of sp³-hybridized carbons (Fsp3) is 0.400. The highest BCUT2D eigenvalue weighted by Crippen LogP contribution is 2.38. The zero-order chi connectivity index (χ0) is 28.6. The summed E-state index contributed by atoms with van der Waals surface area (Å²) in [5, 5.41) is 3.55. The standard InChI is InChI=1S/C30H34N4O5S2/c1-2-32-15-13-24-26(20-32)40-29(27(24)30(36)33-16-18-39-19-17-33)31-28(35)22-9-11-23(12-10-22)41(37,38)34-14-5-7-21-6-3-4-8-25(21)34/h3-4,6,8-12H,2,5,7,13-20H2,1H3,(H,31,35). The number of rotatable bonds is 6. The van der Waals surface area contributed by atoms with Gasteiger partial charge in [-0.05, 0) is 67.3 Å². The number of amides is 2. The lowest BCUT2D eigenvalue weighted by molar-refractivity contribution is 0.0303. The number of carbonyl (C=O) groups is 2. The molecule has 216 valence electrons. The van der Waals surface area contributed by atoms with Crippen molar-refractivity contribution in [3.63, 3.8) is 0 Å². The predicted octanol–water partition coefficient (Wildman–Crippen LogP) is 3.99. The van der Waals surface area contributed by atoms with E-state index < -0.39 is 10.0 Å². The molecule has 1 saturated heterocycles. The van der Waals surface area contributed by atoms with E-state index in [4.69, 9.17) is 4.74 Å². The van der Waals surface area contributed by atoms with Crippen molar-refractivity contribution in [3.05, 3.63) is 75.7 Å². The molecule has 1 fully saturated rings. The van der Waals surface area contributed by atoms with Gasteiger partial charge in [0.05, 0.1) is 29.4 Å². The molecule has 0 saturated carbocycles. The van der Waals surface area contributed by atoms with Gasteiger partial charge in [-0.15, -0.1) is 11.3 Å². The van der Waals surface area contributed by atoms with Crippen LogP contribution in [-0.2, 0) is 34.1 Å². The van der Waals surface area contributed by atoms with Crippen LogP contribution in [0.15, 0.2) is 53.4 Å². The van der Waals surface area contributed by atoms with Crippen molar-refractivity contribution >= 4 is 43.9 Å². The van der Waals surface area contributed by atoms with E-state index in [9.17, 15) is 18.0 Å². The summed E-state index contributed by atoms with van der Waals surface area (Å²) in [5.74, 6) is -0.450. The number of thiophene rings is 1. The van der Waals surface area contributed by atoms with Gasteiger partial charge in [0.25, 0.3) is 21.8 Å². The van der Waals surface area contributed by atoms with Crippen molar-refractivity contribution in [2.24, 2.45) is 0 Å². The summed E-state index contributed by atoms with van der Waals surface area (Å²) in [4.78, 5) is 32.4. The lowest BCUT2D eigenvalue weighted by Crippen LogP contribution is -2.41. The largest absolute Gasteiger partial charge is 0.378 e. The van der Waals surface area contributed by atoms with Crippen LogP contribution >= 0.6 is 11.3 Å². The minimum absolute atomic E-state index is 0.0747. The zero-order valence-electron chi connectivity index (χ0n) is 23.1. The molecule has 0 unspecified atom stereocenters. The molecule has 0 spiro atoms. The number of nitrogens with zero attached hydrogens (tertiary/aromatic N) is 3. The molecule has 6 rings (SSSR count). The molecular weight excluding hydrogens is 560 g/mol. The number of nitrogens with one attached hydrogen (secondary N) is 1. The number of benzene rings is 2. The summed E-state index contributed by atoms with van der Waals surface area (Å²) < 4.78 is 34.0. The Morgan fingerprint density at radius 2 is 1.73 bits per heavy atom. The molecular formula is C30H34N4O5S2. The maximum Gasteiger partial charge on any atom is 0.264 e. The van der Waals surface area contributed by atoms with Crippen molar-refractivity contribution in [1.82, 2.24) is 9.80 Å². The zero-order valence-corrected chi connectivity index (χ0v) is 24.7. The van der Waals surface area contributed by atoms with Crippen LogP contribution in [0.2, 0.25) is 0 Å². The molecule has 2 aromatic carbocycles. The van der Waals surface area contributed by atoms with Crippen molar-refractivity contribution in [1.29, 1.82) is 0 Å². The highest BCUT2D eigenvalue weighted by atomic mass is 32.2. The molecule has 11 heteroatoms. The average molecular weight is 595 g/mol. The summed E-state index contributed by atoms with van der Waals surface area (Å²) >= 11 is 1.46. The molecule has 1 N–H and O–H groups in total. The minimum Gasteiger partial charge on any atom is -0.378 e. The van der Waals surface area contributed by atoms with Crippen LogP contribution in [0, 0.1) is 0 Å². The number of anilines is 2. The fourth-order valence-electron chi connectivity index (χ4n) is 5.79. The quantitative estimate of drug-likeness (QED) is 0.464. The number of aryl methyl sites for hydroxylation is 1. The van der Waals surface area contributed by atoms with Gasteiger partial charge in [0.2, 0.25) is 0 Å². The topological polar surface area (TPSA) is 99.3 Å². The third kappa shape index (κ3) is 5.39. The molecule has 2 amide bonds. The van der Waals surface area contributed by atoms with Gasteiger partial charge in [-0.25, -0.2) is 8.42 Å². The lowest BCUT2D eigenvalue weighted by Gasteiger charge is -2.30.